The van der Waals surface area contributed by atoms with Crippen molar-refractivity contribution in [1.29, 1.82) is 5.26 Å². The van der Waals surface area contributed by atoms with Gasteiger partial charge >= 0.3 is 0 Å². The van der Waals surface area contributed by atoms with Crippen LogP contribution in [0.1, 0.15) is 5.69 Å². The maximum Gasteiger partial charge on any atom is 0.148 e. The van der Waals surface area contributed by atoms with E-state index in [0.29, 0.717) is 5.69 Å². The summed E-state index contributed by atoms with van der Waals surface area (Å²) in [6.07, 6.45) is 6.52. The van der Waals surface area contributed by atoms with Crippen LogP contribution in [0.25, 0.3) is 49.7 Å². The Kier molecular flexibility index (Phi) is 4.42. The number of aromatic nitrogens is 2. The van der Waals surface area contributed by atoms with Crippen LogP contribution in [0.5, 0.6) is 0 Å². The Labute approximate surface area is 211 Å². The molecule has 3 heterocycles. The van der Waals surface area contributed by atoms with Gasteiger partial charge in [-0.3, -0.25) is 0 Å². The lowest BCUT2D eigenvalue weighted by molar-refractivity contribution is 1.18. The van der Waals surface area contributed by atoms with Gasteiger partial charge in [-0.05, 0) is 71.7 Å². The van der Waals surface area contributed by atoms with Crippen molar-refractivity contribution in [3.8, 4) is 34.0 Å². The van der Waals surface area contributed by atoms with Gasteiger partial charge in [-0.15, -0.1) is 0 Å². The third-order valence-corrected chi connectivity index (χ3v) is 10.3. The number of nitriles is 1. The fourth-order valence-corrected chi connectivity index (χ4v) is 8.65. The monoisotopic (exact) mass is 481 g/mol. The van der Waals surface area contributed by atoms with Gasteiger partial charge in [0.15, 0.2) is 0 Å². The van der Waals surface area contributed by atoms with E-state index in [2.05, 4.69) is 113 Å². The molecule has 0 atom stereocenters. The largest absolute Gasteiger partial charge is 0.309 e. The smallest absolute Gasteiger partial charge is 0.148 e. The summed E-state index contributed by atoms with van der Waals surface area (Å²) in [6, 6.07) is 36.7. The van der Waals surface area contributed by atoms with Crippen LogP contribution in [0.4, 0.5) is 0 Å². The molecule has 4 heteroatoms. The molecule has 0 amide bonds. The van der Waals surface area contributed by atoms with Gasteiger partial charge in [0.1, 0.15) is 11.8 Å². The number of rotatable bonds is 2. The first-order valence-corrected chi connectivity index (χ1v) is 14.4. The van der Waals surface area contributed by atoms with E-state index in [1.54, 1.807) is 6.20 Å². The average Bonchev–Trinajstić information content (AvgIpc) is 3.38. The summed E-state index contributed by atoms with van der Waals surface area (Å²) in [5, 5.41) is 12.2. The molecule has 4 aromatic carbocycles. The van der Waals surface area contributed by atoms with Crippen LogP contribution in [-0.2, 0) is 0 Å². The Balaban J connectivity index is 1.55. The topological polar surface area (TPSA) is 41.6 Å². The van der Waals surface area contributed by atoms with Crippen molar-refractivity contribution in [2.45, 2.75) is 9.79 Å². The minimum Gasteiger partial charge on any atom is -0.309 e. The molecule has 2 aromatic heterocycles. The minimum atomic E-state index is -1.17. The van der Waals surface area contributed by atoms with Gasteiger partial charge in [0.05, 0.1) is 11.0 Å². The molecule has 0 fully saturated rings. The van der Waals surface area contributed by atoms with Gasteiger partial charge in [0, 0.05) is 38.0 Å². The molecule has 0 radical (unpaired) electrons. The summed E-state index contributed by atoms with van der Waals surface area (Å²) in [5.41, 5.74) is 8.50. The first kappa shape index (κ1) is 21.0. The summed E-state index contributed by atoms with van der Waals surface area (Å²) < 4.78 is 2.37. The summed E-state index contributed by atoms with van der Waals surface area (Å²) in [7, 11) is -1.17. The van der Waals surface area contributed by atoms with E-state index in [-0.39, 0.29) is 0 Å². The second-order valence-corrected chi connectivity index (χ2v) is 13.1. The number of pyridine rings is 1. The number of para-hydroxylation sites is 1. The van der Waals surface area contributed by atoms with E-state index >= 15 is 0 Å². The number of nitrogens with zero attached hydrogens (tertiary/aromatic N) is 3. The van der Waals surface area contributed by atoms with Gasteiger partial charge in [0.25, 0.3) is 0 Å². The first-order valence-electron chi connectivity index (χ1n) is 11.9. The average molecular weight is 482 g/mol. The zero-order chi connectivity index (χ0) is 24.4. The molecule has 3 nitrogen and oxygen atoms in total. The zero-order valence-electron chi connectivity index (χ0n) is 20.1. The van der Waals surface area contributed by atoms with Crippen LogP contribution in [0.15, 0.2) is 113 Å². The van der Waals surface area contributed by atoms with Gasteiger partial charge in [-0.2, -0.15) is 15.3 Å². The standard InChI is InChI=1S/C32H23N3S/c1-36(2)30-15-6-4-11-24(30)25-16-17-29-31(32(25)36)26-12-3-5-14-28(26)35(29)22-10-7-9-21(19-22)23-13-8-18-34-27(23)20-33/h3-19H,1-2H3. The molecule has 1 aliphatic rings. The van der Waals surface area contributed by atoms with Crippen LogP contribution in [0.3, 0.4) is 0 Å². The Morgan fingerprint density at radius 1 is 0.750 bits per heavy atom. The molecule has 36 heavy (non-hydrogen) atoms. The van der Waals surface area contributed by atoms with E-state index in [1.165, 1.54) is 42.7 Å². The van der Waals surface area contributed by atoms with Crippen LogP contribution >= 0.6 is 10.0 Å². The highest BCUT2D eigenvalue weighted by Crippen LogP contribution is 2.69. The lowest BCUT2D eigenvalue weighted by Crippen LogP contribution is -1.96. The molecule has 0 saturated carbocycles. The van der Waals surface area contributed by atoms with E-state index in [1.807, 2.05) is 12.1 Å². The van der Waals surface area contributed by atoms with Crippen LogP contribution in [0.2, 0.25) is 0 Å². The Morgan fingerprint density at radius 2 is 1.56 bits per heavy atom. The fourth-order valence-electron chi connectivity index (χ4n) is 5.83. The molecule has 0 aliphatic carbocycles. The summed E-state index contributed by atoms with van der Waals surface area (Å²) in [4.78, 5) is 7.22. The molecule has 7 rings (SSSR count). The SMILES string of the molecule is CS1(C)c2ccccc2-c2ccc3c(c21)c1ccccc1n3-c1cccc(-c2cccnc2C#N)c1. The summed E-state index contributed by atoms with van der Waals surface area (Å²) in [5.74, 6) is 0. The Bertz CT molecular complexity index is 1890. The highest BCUT2D eigenvalue weighted by molar-refractivity contribution is 8.33. The third-order valence-electron chi connectivity index (χ3n) is 7.36. The lowest BCUT2D eigenvalue weighted by atomic mass is 10.0. The number of benzene rings is 4. The second-order valence-electron chi connectivity index (χ2n) is 9.57. The van der Waals surface area contributed by atoms with E-state index in [9.17, 15) is 5.26 Å². The van der Waals surface area contributed by atoms with E-state index in [4.69, 9.17) is 0 Å². The maximum atomic E-state index is 9.61. The van der Waals surface area contributed by atoms with Gasteiger partial charge in [0.2, 0.25) is 0 Å². The maximum absolute atomic E-state index is 9.61. The van der Waals surface area contributed by atoms with Crippen molar-refractivity contribution in [2.24, 2.45) is 0 Å². The Morgan fingerprint density at radius 3 is 2.44 bits per heavy atom. The predicted molar refractivity (Wildman–Crippen MR) is 150 cm³/mol. The molecule has 0 bridgehead atoms. The molecular weight excluding hydrogens is 458 g/mol. The highest BCUT2D eigenvalue weighted by atomic mass is 32.3. The molecule has 0 saturated heterocycles. The molecule has 0 N–H and O–H groups in total. The molecule has 6 aromatic rings. The molecule has 0 spiro atoms. The van der Waals surface area contributed by atoms with Crippen molar-refractivity contribution < 1.29 is 0 Å². The molecule has 172 valence electrons. The van der Waals surface area contributed by atoms with Crippen molar-refractivity contribution in [3.05, 3.63) is 109 Å². The molecule has 1 aliphatic heterocycles. The van der Waals surface area contributed by atoms with E-state index in [0.717, 1.165) is 16.8 Å². The van der Waals surface area contributed by atoms with Gasteiger partial charge in [-0.25, -0.2) is 4.98 Å². The molecular formula is C32H23N3S. The third kappa shape index (κ3) is 2.78. The number of fused-ring (bicyclic) bond motifs is 7. The van der Waals surface area contributed by atoms with Crippen LogP contribution in [0, 0.1) is 11.3 Å². The zero-order valence-corrected chi connectivity index (χ0v) is 20.9. The first-order chi connectivity index (χ1) is 17.6. The summed E-state index contributed by atoms with van der Waals surface area (Å²) >= 11 is 0. The second kappa shape index (κ2) is 7.58. The van der Waals surface area contributed by atoms with Crippen molar-refractivity contribution in [1.82, 2.24) is 9.55 Å². The minimum absolute atomic E-state index is 0.442. The van der Waals surface area contributed by atoms with Crippen LogP contribution < -0.4 is 0 Å². The van der Waals surface area contributed by atoms with Crippen molar-refractivity contribution in [2.75, 3.05) is 12.5 Å². The predicted octanol–water partition coefficient (Wildman–Crippen LogP) is 8.18. The van der Waals surface area contributed by atoms with Crippen molar-refractivity contribution >= 4 is 31.8 Å². The van der Waals surface area contributed by atoms with Crippen LogP contribution in [-0.4, -0.2) is 22.1 Å². The van der Waals surface area contributed by atoms with Gasteiger partial charge in [-0.1, -0.05) is 54.6 Å². The highest BCUT2D eigenvalue weighted by Gasteiger charge is 2.34. The van der Waals surface area contributed by atoms with E-state index < -0.39 is 10.0 Å². The molecule has 0 unspecified atom stereocenters. The lowest BCUT2D eigenvalue weighted by Gasteiger charge is -2.29. The number of hydrogen-bond donors (Lipinski definition) is 0. The van der Waals surface area contributed by atoms with Crippen molar-refractivity contribution in [3.63, 3.8) is 0 Å². The fraction of sp³-hybridized carbons (Fsp3) is 0.0625. The summed E-state index contributed by atoms with van der Waals surface area (Å²) in [6.45, 7) is 0. The number of hydrogen-bond acceptors (Lipinski definition) is 2. The Hall–Kier alpha value is -4.33. The normalized spacial score (nSPS) is 14.4. The quantitative estimate of drug-likeness (QED) is 0.250. The van der Waals surface area contributed by atoms with Gasteiger partial charge < -0.3 is 4.57 Å².